The van der Waals surface area contributed by atoms with Gasteiger partial charge in [0.05, 0.1) is 43.6 Å². The maximum atomic E-state index is 14.0. The second kappa shape index (κ2) is 14.1. The summed E-state index contributed by atoms with van der Waals surface area (Å²) in [6.45, 7) is 11.6. The Bertz CT molecular complexity index is 1370. The molecule has 3 fully saturated rings. The van der Waals surface area contributed by atoms with Crippen molar-refractivity contribution < 1.29 is 33.5 Å². The number of carbonyl (C=O) groups is 2. The molecule has 3 aliphatic heterocycles. The van der Waals surface area contributed by atoms with E-state index in [1.54, 1.807) is 11.8 Å². The van der Waals surface area contributed by atoms with Gasteiger partial charge in [0.25, 0.3) is 0 Å². The first-order valence-electron chi connectivity index (χ1n) is 16.0. The van der Waals surface area contributed by atoms with E-state index >= 15 is 0 Å². The SMILES string of the molecule is CC(C#N)(CC(C)(C)N1CCN(C2COC2)CC1)C(=O)N1CCCC[C@@H]1COC(=O)N[C@@H](Cc1coc2ccccc12)B(O)O. The third-order valence-electron chi connectivity index (χ3n) is 9.77. The lowest BCUT2D eigenvalue weighted by Crippen LogP contribution is -2.61. The zero-order valence-electron chi connectivity index (χ0n) is 26.6. The molecule has 244 valence electrons. The number of alkyl carbamates (subject to hydrolysis) is 1. The van der Waals surface area contributed by atoms with Gasteiger partial charge in [-0.3, -0.25) is 14.6 Å². The van der Waals surface area contributed by atoms with Crippen molar-refractivity contribution in [2.24, 2.45) is 5.41 Å². The zero-order valence-corrected chi connectivity index (χ0v) is 26.6. The highest BCUT2D eigenvalue weighted by Gasteiger charge is 2.46. The predicted octanol–water partition coefficient (Wildman–Crippen LogP) is 2.18. The van der Waals surface area contributed by atoms with Gasteiger partial charge in [0.15, 0.2) is 0 Å². The van der Waals surface area contributed by atoms with Crippen LogP contribution >= 0.6 is 0 Å². The van der Waals surface area contributed by atoms with Gasteiger partial charge in [-0.2, -0.15) is 5.26 Å². The third-order valence-corrected chi connectivity index (χ3v) is 9.77. The number of nitrogens with zero attached hydrogens (tertiary/aromatic N) is 4. The maximum absolute atomic E-state index is 14.0. The number of fused-ring (bicyclic) bond motifs is 1. The lowest BCUT2D eigenvalue weighted by atomic mass is 9.76. The topological polar surface area (TPSA) is 152 Å². The van der Waals surface area contributed by atoms with E-state index in [1.165, 1.54) is 6.26 Å². The van der Waals surface area contributed by atoms with Gasteiger partial charge in [-0.1, -0.05) is 18.2 Å². The van der Waals surface area contributed by atoms with Crippen molar-refractivity contribution in [3.05, 3.63) is 36.1 Å². The van der Waals surface area contributed by atoms with Gasteiger partial charge in [0.2, 0.25) is 5.91 Å². The van der Waals surface area contributed by atoms with E-state index in [2.05, 4.69) is 35.0 Å². The molecule has 3 N–H and O–H groups in total. The molecule has 3 saturated heterocycles. The van der Waals surface area contributed by atoms with Crippen LogP contribution in [0, 0.1) is 16.7 Å². The largest absolute Gasteiger partial charge is 0.475 e. The fraction of sp³-hybridized carbons (Fsp3) is 0.656. The number of carbonyl (C=O) groups excluding carboxylic acids is 2. The Labute approximate surface area is 265 Å². The molecule has 0 aliphatic carbocycles. The molecule has 1 unspecified atom stereocenters. The second-order valence-electron chi connectivity index (χ2n) is 13.5. The van der Waals surface area contributed by atoms with Crippen molar-refractivity contribution in [1.82, 2.24) is 20.0 Å². The summed E-state index contributed by atoms with van der Waals surface area (Å²) in [5.41, 5.74) is -0.232. The van der Waals surface area contributed by atoms with Crippen molar-refractivity contribution in [2.75, 3.05) is 52.5 Å². The Balaban J connectivity index is 1.17. The minimum Gasteiger partial charge on any atom is -0.464 e. The van der Waals surface area contributed by atoms with Crippen LogP contribution in [0.1, 0.15) is 52.0 Å². The summed E-state index contributed by atoms with van der Waals surface area (Å²) in [6, 6.07) is 9.85. The second-order valence-corrected chi connectivity index (χ2v) is 13.5. The Morgan fingerprint density at radius 3 is 2.53 bits per heavy atom. The molecule has 0 saturated carbocycles. The van der Waals surface area contributed by atoms with Gasteiger partial charge >= 0.3 is 13.2 Å². The van der Waals surface area contributed by atoms with E-state index in [0.29, 0.717) is 31.0 Å². The minimum absolute atomic E-state index is 0.0573. The summed E-state index contributed by atoms with van der Waals surface area (Å²) in [4.78, 5) is 33.4. The predicted molar refractivity (Wildman–Crippen MR) is 168 cm³/mol. The summed E-state index contributed by atoms with van der Waals surface area (Å²) >= 11 is 0. The number of nitriles is 1. The summed E-state index contributed by atoms with van der Waals surface area (Å²) in [5.74, 6) is -1.27. The van der Waals surface area contributed by atoms with Crippen LogP contribution in [0.4, 0.5) is 4.79 Å². The van der Waals surface area contributed by atoms with Crippen LogP contribution in [-0.4, -0.2) is 120 Å². The minimum atomic E-state index is -1.83. The van der Waals surface area contributed by atoms with Crippen LogP contribution in [0.5, 0.6) is 0 Å². The van der Waals surface area contributed by atoms with Crippen LogP contribution < -0.4 is 5.32 Å². The Morgan fingerprint density at radius 1 is 1.13 bits per heavy atom. The Hall–Kier alpha value is -3.15. The van der Waals surface area contributed by atoms with Crippen LogP contribution in [0.15, 0.2) is 34.9 Å². The number of para-hydroxylation sites is 1. The molecule has 5 rings (SSSR count). The lowest BCUT2D eigenvalue weighted by molar-refractivity contribution is -0.145. The molecule has 0 bridgehead atoms. The van der Waals surface area contributed by atoms with Crippen molar-refractivity contribution in [2.45, 2.75) is 76.4 Å². The van der Waals surface area contributed by atoms with Gasteiger partial charge in [0, 0.05) is 43.6 Å². The third kappa shape index (κ3) is 7.64. The van der Waals surface area contributed by atoms with E-state index in [1.807, 2.05) is 24.3 Å². The first-order valence-corrected chi connectivity index (χ1v) is 16.0. The number of amides is 2. The Kier molecular flexibility index (Phi) is 10.4. The fourth-order valence-electron chi connectivity index (χ4n) is 7.05. The van der Waals surface area contributed by atoms with Crippen molar-refractivity contribution in [1.29, 1.82) is 5.26 Å². The number of likely N-dealkylation sites (tertiary alicyclic amines) is 1. The monoisotopic (exact) mass is 623 g/mol. The van der Waals surface area contributed by atoms with Crippen LogP contribution in [0.2, 0.25) is 0 Å². The first kappa shape index (κ1) is 33.2. The van der Waals surface area contributed by atoms with Crippen LogP contribution in [-0.2, 0) is 20.7 Å². The molecule has 2 aromatic rings. The highest BCUT2D eigenvalue weighted by molar-refractivity contribution is 6.43. The summed E-state index contributed by atoms with van der Waals surface area (Å²) in [7, 11) is -1.83. The molecule has 0 spiro atoms. The van der Waals surface area contributed by atoms with Gasteiger partial charge in [0.1, 0.15) is 17.6 Å². The number of ether oxygens (including phenoxy) is 2. The molecule has 13 heteroatoms. The molecule has 4 heterocycles. The van der Waals surface area contributed by atoms with Crippen molar-refractivity contribution >= 4 is 30.1 Å². The average molecular weight is 624 g/mol. The summed E-state index contributed by atoms with van der Waals surface area (Å²) in [5, 5.41) is 33.7. The van der Waals surface area contributed by atoms with E-state index in [9.17, 15) is 24.9 Å². The fourth-order valence-corrected chi connectivity index (χ4v) is 7.05. The molecule has 3 atom stereocenters. The quantitative estimate of drug-likeness (QED) is 0.318. The number of rotatable bonds is 11. The van der Waals surface area contributed by atoms with Crippen molar-refractivity contribution in [3.63, 3.8) is 0 Å². The van der Waals surface area contributed by atoms with Gasteiger partial charge in [-0.25, -0.2) is 4.79 Å². The number of furan rings is 1. The number of benzene rings is 1. The van der Waals surface area contributed by atoms with E-state index in [0.717, 1.165) is 63.2 Å². The Morgan fingerprint density at radius 2 is 1.87 bits per heavy atom. The van der Waals surface area contributed by atoms with Gasteiger partial charge < -0.3 is 34.2 Å². The number of nitrogens with one attached hydrogen (secondary N) is 1. The van der Waals surface area contributed by atoms with Crippen molar-refractivity contribution in [3.8, 4) is 6.07 Å². The molecule has 2 amide bonds. The average Bonchev–Trinajstić information content (AvgIpc) is 3.41. The van der Waals surface area contributed by atoms with Crippen LogP contribution in [0.3, 0.4) is 0 Å². The molecular formula is C32H46BN5O7. The molecular weight excluding hydrogens is 577 g/mol. The number of piperidine rings is 1. The van der Waals surface area contributed by atoms with E-state index in [4.69, 9.17) is 13.9 Å². The summed E-state index contributed by atoms with van der Waals surface area (Å²) in [6.07, 6.45) is 3.56. The molecule has 12 nitrogen and oxygen atoms in total. The summed E-state index contributed by atoms with van der Waals surface area (Å²) < 4.78 is 16.4. The zero-order chi connectivity index (χ0) is 32.2. The van der Waals surface area contributed by atoms with E-state index < -0.39 is 24.6 Å². The number of hydrogen-bond acceptors (Lipinski definition) is 10. The van der Waals surface area contributed by atoms with Crippen LogP contribution in [0.25, 0.3) is 11.0 Å². The van der Waals surface area contributed by atoms with Gasteiger partial charge in [-0.15, -0.1) is 0 Å². The lowest BCUT2D eigenvalue weighted by Gasteiger charge is -2.49. The van der Waals surface area contributed by atoms with Gasteiger partial charge in [-0.05, 0) is 64.5 Å². The molecule has 1 aromatic heterocycles. The molecule has 3 aliphatic rings. The molecule has 45 heavy (non-hydrogen) atoms. The van der Waals surface area contributed by atoms with E-state index in [-0.39, 0.29) is 30.5 Å². The molecule has 0 radical (unpaired) electrons. The number of piperazine rings is 1. The maximum Gasteiger partial charge on any atom is 0.475 e. The molecule has 1 aromatic carbocycles. The number of hydrogen-bond donors (Lipinski definition) is 3. The standard InChI is InChI=1S/C32H46BN5O7/c1-31(2,37-14-12-36(13-15-37)25-18-43-19-25)21-32(3,22-34)29(39)38-11-7-6-8-24(38)20-45-30(40)35-28(33(41)42)16-23-17-44-27-10-5-4-9-26(23)27/h4-5,9-10,17,24-25,28,41-42H,6-8,11-16,18-21H2,1-3H3,(H,35,40)/t24-,28+,32?/m1/s1. The first-order chi connectivity index (χ1) is 21.5. The normalized spacial score (nSPS) is 22.2. The highest BCUT2D eigenvalue weighted by Crippen LogP contribution is 2.36. The highest BCUT2D eigenvalue weighted by atomic mass is 16.5. The smallest absolute Gasteiger partial charge is 0.464 e.